The number of pyridine rings is 1. The average molecular weight is 502 g/mol. The molecule has 3 aromatic heterocycles. The van der Waals surface area contributed by atoms with E-state index in [9.17, 15) is 4.79 Å². The minimum Gasteiger partial charge on any atom is -0.466 e. The van der Waals surface area contributed by atoms with Crippen LogP contribution in [0.15, 0.2) is 35.1 Å². The van der Waals surface area contributed by atoms with E-state index in [2.05, 4.69) is 46.0 Å². The SMILES string of the molecule is CCOC(=O)CCCCc1c(COC(C)C)nn2c(CC)ccc2c1-c1cncc(Br)c1. The van der Waals surface area contributed by atoms with E-state index >= 15 is 0 Å². The molecule has 0 amide bonds. The van der Waals surface area contributed by atoms with E-state index in [0.29, 0.717) is 19.6 Å². The Bertz CT molecular complexity index is 1060. The molecule has 0 atom stereocenters. The Morgan fingerprint density at radius 1 is 1.19 bits per heavy atom. The summed E-state index contributed by atoms with van der Waals surface area (Å²) in [6, 6.07) is 6.36. The molecule has 6 nitrogen and oxygen atoms in total. The van der Waals surface area contributed by atoms with Crippen LogP contribution in [0.5, 0.6) is 0 Å². The number of carbonyl (C=O) groups is 1. The average Bonchev–Trinajstić information content (AvgIpc) is 3.17. The lowest BCUT2D eigenvalue weighted by Gasteiger charge is -2.18. The second kappa shape index (κ2) is 11.6. The van der Waals surface area contributed by atoms with Crippen LogP contribution < -0.4 is 0 Å². The fourth-order valence-corrected chi connectivity index (χ4v) is 4.20. The lowest BCUT2D eigenvalue weighted by atomic mass is 9.95. The molecule has 0 aromatic carbocycles. The van der Waals surface area contributed by atoms with Crippen molar-refractivity contribution in [2.75, 3.05) is 6.61 Å². The van der Waals surface area contributed by atoms with Gasteiger partial charge in [-0.3, -0.25) is 9.78 Å². The molecule has 7 heteroatoms. The van der Waals surface area contributed by atoms with Gasteiger partial charge < -0.3 is 9.47 Å². The standard InChI is InChI=1S/C25H32BrN3O3/c1-5-20-11-12-23-25(18-13-19(26)15-27-14-18)21(9-7-8-10-24(30)31-6-2)22(28-29(20)23)16-32-17(3)4/h11-15,17H,5-10,16H2,1-4H3. The van der Waals surface area contributed by atoms with Gasteiger partial charge >= 0.3 is 5.97 Å². The van der Waals surface area contributed by atoms with Crippen LogP contribution in [0.2, 0.25) is 0 Å². The highest BCUT2D eigenvalue weighted by molar-refractivity contribution is 9.10. The Hall–Kier alpha value is -2.25. The Morgan fingerprint density at radius 2 is 2.00 bits per heavy atom. The van der Waals surface area contributed by atoms with E-state index in [1.165, 1.54) is 0 Å². The third kappa shape index (κ3) is 5.95. The van der Waals surface area contributed by atoms with Crippen molar-refractivity contribution in [3.63, 3.8) is 0 Å². The van der Waals surface area contributed by atoms with E-state index < -0.39 is 0 Å². The summed E-state index contributed by atoms with van der Waals surface area (Å²) >= 11 is 3.57. The maximum atomic E-state index is 11.8. The molecule has 0 N–H and O–H groups in total. The quantitative estimate of drug-likeness (QED) is 0.241. The summed E-state index contributed by atoms with van der Waals surface area (Å²) in [5.74, 6) is -0.139. The van der Waals surface area contributed by atoms with Crippen molar-refractivity contribution in [1.82, 2.24) is 14.6 Å². The number of halogens is 1. The van der Waals surface area contributed by atoms with Gasteiger partial charge in [0.1, 0.15) is 0 Å². The van der Waals surface area contributed by atoms with Crippen LogP contribution >= 0.6 is 15.9 Å². The number of nitrogens with zero attached hydrogens (tertiary/aromatic N) is 3. The number of aromatic nitrogens is 3. The van der Waals surface area contributed by atoms with Gasteiger partial charge in [0.2, 0.25) is 0 Å². The number of carbonyl (C=O) groups excluding carboxylic acids is 1. The number of hydrogen-bond acceptors (Lipinski definition) is 5. The van der Waals surface area contributed by atoms with Crippen LogP contribution in [0, 0.1) is 0 Å². The zero-order valence-electron chi connectivity index (χ0n) is 19.4. The third-order valence-electron chi connectivity index (χ3n) is 5.33. The van der Waals surface area contributed by atoms with Crippen molar-refractivity contribution in [2.24, 2.45) is 0 Å². The summed E-state index contributed by atoms with van der Waals surface area (Å²) in [7, 11) is 0. The fourth-order valence-electron chi connectivity index (χ4n) is 3.83. The number of fused-ring (bicyclic) bond motifs is 1. The first-order valence-corrected chi connectivity index (χ1v) is 12.1. The van der Waals surface area contributed by atoms with Crippen LogP contribution in [0.25, 0.3) is 16.6 Å². The van der Waals surface area contributed by atoms with Crippen molar-refractivity contribution in [3.05, 3.63) is 52.0 Å². The van der Waals surface area contributed by atoms with Gasteiger partial charge in [0.05, 0.1) is 30.5 Å². The number of aryl methyl sites for hydroxylation is 1. The van der Waals surface area contributed by atoms with Crippen molar-refractivity contribution in [1.29, 1.82) is 0 Å². The molecule has 32 heavy (non-hydrogen) atoms. The minimum absolute atomic E-state index is 0.107. The predicted octanol–water partition coefficient (Wildman–Crippen LogP) is 5.92. The first-order valence-electron chi connectivity index (χ1n) is 11.3. The van der Waals surface area contributed by atoms with E-state index in [-0.39, 0.29) is 12.1 Å². The summed E-state index contributed by atoms with van der Waals surface area (Å²) in [5, 5.41) is 5.00. The number of ether oxygens (including phenoxy) is 2. The largest absolute Gasteiger partial charge is 0.466 e. The van der Waals surface area contributed by atoms with Gasteiger partial charge in [0.25, 0.3) is 0 Å². The Balaban J connectivity index is 2.06. The molecule has 0 aliphatic carbocycles. The Kier molecular flexibility index (Phi) is 8.82. The van der Waals surface area contributed by atoms with Crippen molar-refractivity contribution >= 4 is 27.4 Å². The number of hydrogen-bond donors (Lipinski definition) is 0. The lowest BCUT2D eigenvalue weighted by Crippen LogP contribution is -2.12. The summed E-state index contributed by atoms with van der Waals surface area (Å²) in [6.45, 7) is 8.89. The molecule has 0 aliphatic rings. The van der Waals surface area contributed by atoms with E-state index in [0.717, 1.165) is 63.8 Å². The van der Waals surface area contributed by atoms with Gasteiger partial charge in [-0.05, 0) is 86.1 Å². The second-order valence-corrected chi connectivity index (χ2v) is 8.95. The van der Waals surface area contributed by atoms with Gasteiger partial charge in [-0.15, -0.1) is 0 Å². The predicted molar refractivity (Wildman–Crippen MR) is 130 cm³/mol. The summed E-state index contributed by atoms with van der Waals surface area (Å²) < 4.78 is 14.0. The summed E-state index contributed by atoms with van der Waals surface area (Å²) in [4.78, 5) is 16.2. The van der Waals surface area contributed by atoms with Gasteiger partial charge in [-0.1, -0.05) is 6.92 Å². The highest BCUT2D eigenvalue weighted by Gasteiger charge is 2.19. The van der Waals surface area contributed by atoms with Gasteiger partial charge in [0.15, 0.2) is 0 Å². The molecule has 3 heterocycles. The molecule has 0 aliphatic heterocycles. The lowest BCUT2D eigenvalue weighted by molar-refractivity contribution is -0.143. The molecule has 0 spiro atoms. The molecular formula is C25H32BrN3O3. The van der Waals surface area contributed by atoms with Gasteiger partial charge in [-0.2, -0.15) is 5.10 Å². The topological polar surface area (TPSA) is 65.7 Å². The third-order valence-corrected chi connectivity index (χ3v) is 5.77. The molecule has 3 rings (SSSR count). The molecule has 0 saturated heterocycles. The van der Waals surface area contributed by atoms with E-state index in [1.54, 1.807) is 6.20 Å². The zero-order chi connectivity index (χ0) is 23.1. The van der Waals surface area contributed by atoms with Crippen molar-refractivity contribution in [2.45, 2.75) is 72.5 Å². The van der Waals surface area contributed by atoms with Crippen LogP contribution in [0.3, 0.4) is 0 Å². The van der Waals surface area contributed by atoms with Crippen molar-refractivity contribution in [3.8, 4) is 11.1 Å². The molecule has 172 valence electrons. The highest BCUT2D eigenvalue weighted by atomic mass is 79.9. The van der Waals surface area contributed by atoms with E-state index in [4.69, 9.17) is 14.6 Å². The maximum absolute atomic E-state index is 11.8. The van der Waals surface area contributed by atoms with Gasteiger partial charge in [0, 0.05) is 40.1 Å². The molecule has 3 aromatic rings. The van der Waals surface area contributed by atoms with Gasteiger partial charge in [-0.25, -0.2) is 4.52 Å². The zero-order valence-corrected chi connectivity index (χ0v) is 20.9. The minimum atomic E-state index is -0.139. The highest BCUT2D eigenvalue weighted by Crippen LogP contribution is 2.34. The molecule has 0 bridgehead atoms. The molecule has 0 radical (unpaired) electrons. The maximum Gasteiger partial charge on any atom is 0.305 e. The number of esters is 1. The second-order valence-electron chi connectivity index (χ2n) is 8.04. The Morgan fingerprint density at radius 3 is 2.69 bits per heavy atom. The number of rotatable bonds is 11. The van der Waals surface area contributed by atoms with Crippen LogP contribution in [0.1, 0.15) is 63.9 Å². The van der Waals surface area contributed by atoms with Crippen LogP contribution in [-0.4, -0.2) is 33.3 Å². The molecule has 0 unspecified atom stereocenters. The molecule has 0 fully saturated rings. The molecular weight excluding hydrogens is 470 g/mol. The smallest absolute Gasteiger partial charge is 0.305 e. The van der Waals surface area contributed by atoms with Crippen molar-refractivity contribution < 1.29 is 14.3 Å². The first-order chi connectivity index (χ1) is 15.4. The van der Waals surface area contributed by atoms with E-state index in [1.807, 2.05) is 31.5 Å². The Labute approximate surface area is 198 Å². The van der Waals surface area contributed by atoms with Crippen LogP contribution in [0.4, 0.5) is 0 Å². The monoisotopic (exact) mass is 501 g/mol. The summed E-state index contributed by atoms with van der Waals surface area (Å²) in [5.41, 5.74) is 6.48. The number of unbranched alkanes of at least 4 members (excludes halogenated alkanes) is 1. The molecule has 0 saturated carbocycles. The first kappa shape index (κ1) is 24.4. The summed E-state index contributed by atoms with van der Waals surface area (Å²) in [6.07, 6.45) is 7.55. The normalized spacial score (nSPS) is 11.4. The fraction of sp³-hybridized carbons (Fsp3) is 0.480. The van der Waals surface area contributed by atoms with Crippen LogP contribution in [-0.2, 0) is 33.7 Å².